The molecule has 0 aromatic heterocycles. The van der Waals surface area contributed by atoms with Crippen LogP contribution in [0.3, 0.4) is 0 Å². The molecule has 4 nitrogen and oxygen atoms in total. The standard InChI is InChI=1S/C63H60BrF2NO3/c1-4-5-8-13-40-16-18-41(19-17-40)42-24-30-50(31-25-42)69-61(68)44-22-20-43(21-23-44)45-36-53-56-52-38-48(65)39-55(66)57(52)60-51(59(56)62(2,3)58(53)54(64)37-45)32-33-63(70-60,46-14-9-6-10-15-46)47-26-28-49(29-27-47)67-34-11-7-12-35-67/h6,9-10,14-15,20-33,36-41H,4-5,7-8,11-13,16-19,34-35H2,1-3H3. The second-order valence-electron chi connectivity index (χ2n) is 20.7. The Morgan fingerprint density at radius 2 is 1.49 bits per heavy atom. The van der Waals surface area contributed by atoms with Crippen LogP contribution in [0.2, 0.25) is 0 Å². The number of nitrogens with zero attached hydrogens (tertiary/aromatic N) is 1. The fraction of sp³-hybridized carbons (Fsp3) is 0.317. The van der Waals surface area contributed by atoms with Gasteiger partial charge in [0.15, 0.2) is 5.60 Å². The van der Waals surface area contributed by atoms with Gasteiger partial charge in [-0.25, -0.2) is 13.6 Å². The lowest BCUT2D eigenvalue weighted by Crippen LogP contribution is -2.35. The second-order valence-corrected chi connectivity index (χ2v) is 21.5. The minimum atomic E-state index is -1.09. The zero-order valence-electron chi connectivity index (χ0n) is 40.4. The van der Waals surface area contributed by atoms with Gasteiger partial charge in [0.1, 0.15) is 23.1 Å². The predicted molar refractivity (Wildman–Crippen MR) is 284 cm³/mol. The topological polar surface area (TPSA) is 38.8 Å². The zero-order chi connectivity index (χ0) is 48.1. The highest BCUT2D eigenvalue weighted by Gasteiger charge is 2.46. The molecule has 2 aliphatic carbocycles. The summed E-state index contributed by atoms with van der Waals surface area (Å²) < 4.78 is 46.6. The van der Waals surface area contributed by atoms with Gasteiger partial charge < -0.3 is 14.4 Å². The molecule has 1 unspecified atom stereocenters. The Balaban J connectivity index is 0.907. The maximum absolute atomic E-state index is 16.8. The summed E-state index contributed by atoms with van der Waals surface area (Å²) in [5, 5.41) is 0.698. The van der Waals surface area contributed by atoms with Crippen molar-refractivity contribution in [3.8, 4) is 33.8 Å². The normalized spacial score (nSPS) is 20.1. The highest BCUT2D eigenvalue weighted by Crippen LogP contribution is 2.60. The van der Waals surface area contributed by atoms with Gasteiger partial charge in [0, 0.05) is 51.4 Å². The van der Waals surface area contributed by atoms with E-state index < -0.39 is 28.6 Å². The molecule has 7 heteroatoms. The molecular weight excluding hydrogens is 937 g/mol. The summed E-state index contributed by atoms with van der Waals surface area (Å²) in [6.45, 7) is 8.68. The molecule has 1 atom stereocenters. The minimum absolute atomic E-state index is 0.243. The smallest absolute Gasteiger partial charge is 0.343 e. The van der Waals surface area contributed by atoms with E-state index in [1.807, 2.05) is 54.6 Å². The van der Waals surface area contributed by atoms with E-state index in [1.54, 1.807) is 12.1 Å². The summed E-state index contributed by atoms with van der Waals surface area (Å²) in [5.74, 6) is 0.598. The molecule has 11 rings (SSSR count). The van der Waals surface area contributed by atoms with Gasteiger partial charge in [0.05, 0.1) is 10.9 Å². The lowest BCUT2D eigenvalue weighted by molar-refractivity contribution is 0.0734. The van der Waals surface area contributed by atoms with Gasteiger partial charge in [-0.1, -0.05) is 135 Å². The van der Waals surface area contributed by atoms with Gasteiger partial charge in [-0.2, -0.15) is 0 Å². The van der Waals surface area contributed by atoms with Crippen LogP contribution in [0, 0.1) is 17.6 Å². The van der Waals surface area contributed by atoms with Crippen LogP contribution in [0.4, 0.5) is 14.5 Å². The third kappa shape index (κ3) is 8.36. The minimum Gasteiger partial charge on any atom is -0.472 e. The highest BCUT2D eigenvalue weighted by molar-refractivity contribution is 9.10. The van der Waals surface area contributed by atoms with Crippen molar-refractivity contribution >= 4 is 44.4 Å². The number of ether oxygens (including phenoxy) is 2. The van der Waals surface area contributed by atoms with E-state index in [-0.39, 0.29) is 5.39 Å². The van der Waals surface area contributed by atoms with Gasteiger partial charge >= 0.3 is 5.97 Å². The predicted octanol–water partition coefficient (Wildman–Crippen LogP) is 17.3. The van der Waals surface area contributed by atoms with Gasteiger partial charge in [-0.3, -0.25) is 0 Å². The molecule has 0 radical (unpaired) electrons. The van der Waals surface area contributed by atoms with Crippen molar-refractivity contribution in [1.82, 2.24) is 0 Å². The average Bonchev–Trinajstić information content (AvgIpc) is 3.63. The number of anilines is 1. The number of unbranched alkanes of at least 4 members (excludes halogenated alkanes) is 2. The summed E-state index contributed by atoms with van der Waals surface area (Å²) in [7, 11) is 0. The molecule has 0 N–H and O–H groups in total. The van der Waals surface area contributed by atoms with Gasteiger partial charge in [-0.15, -0.1) is 0 Å². The molecule has 356 valence electrons. The van der Waals surface area contributed by atoms with E-state index in [0.717, 1.165) is 79.6 Å². The van der Waals surface area contributed by atoms with E-state index in [2.05, 4.69) is 102 Å². The molecule has 2 aliphatic heterocycles. The molecule has 70 heavy (non-hydrogen) atoms. The fourth-order valence-electron chi connectivity index (χ4n) is 12.3. The SMILES string of the molecule is CCCCCC1CCC(c2ccc(OC(=O)c3ccc(-c4cc(Br)c5c(c4)-c4c(c6c(c7c(F)cc(F)cc47)OC(c4ccccc4)(c4ccc(N7CCCCC7)cc4)C=C6)C5(C)C)cc3)cc2)CC1. The van der Waals surface area contributed by atoms with Crippen molar-refractivity contribution in [3.05, 3.63) is 189 Å². The van der Waals surface area contributed by atoms with E-state index in [0.29, 0.717) is 28.4 Å². The van der Waals surface area contributed by atoms with Crippen molar-refractivity contribution in [1.29, 1.82) is 0 Å². The molecule has 1 saturated heterocycles. The highest BCUT2D eigenvalue weighted by atomic mass is 79.9. The van der Waals surface area contributed by atoms with Crippen molar-refractivity contribution in [2.45, 2.75) is 108 Å². The third-order valence-electron chi connectivity index (χ3n) is 16.0. The zero-order valence-corrected chi connectivity index (χ0v) is 42.0. The van der Waals surface area contributed by atoms with E-state index in [4.69, 9.17) is 9.47 Å². The maximum Gasteiger partial charge on any atom is 0.343 e. The number of esters is 1. The van der Waals surface area contributed by atoms with Crippen LogP contribution in [-0.2, 0) is 11.0 Å². The Morgan fingerprint density at radius 1 is 0.771 bits per heavy atom. The quantitative estimate of drug-likeness (QED) is 0.0735. The van der Waals surface area contributed by atoms with Crippen LogP contribution >= 0.6 is 15.9 Å². The number of hydrogen-bond acceptors (Lipinski definition) is 4. The van der Waals surface area contributed by atoms with Gasteiger partial charge in [0.2, 0.25) is 0 Å². The molecule has 0 spiro atoms. The number of benzene rings is 7. The fourth-order valence-corrected chi connectivity index (χ4v) is 13.3. The third-order valence-corrected chi connectivity index (χ3v) is 16.6. The first-order valence-corrected chi connectivity index (χ1v) is 26.4. The van der Waals surface area contributed by atoms with Crippen LogP contribution in [-0.4, -0.2) is 19.1 Å². The Labute approximate surface area is 419 Å². The summed E-state index contributed by atoms with van der Waals surface area (Å²) in [5.41, 5.74) is 9.27. The molecule has 4 aliphatic rings. The molecule has 1 saturated carbocycles. The van der Waals surface area contributed by atoms with Crippen LogP contribution < -0.4 is 14.4 Å². The molecular formula is C63H60BrF2NO3. The monoisotopic (exact) mass is 995 g/mol. The maximum atomic E-state index is 16.8. The molecule has 2 heterocycles. The van der Waals surface area contributed by atoms with Crippen LogP contribution in [0.1, 0.15) is 141 Å². The Morgan fingerprint density at radius 3 is 2.20 bits per heavy atom. The van der Waals surface area contributed by atoms with Crippen molar-refractivity contribution < 1.29 is 23.0 Å². The van der Waals surface area contributed by atoms with Crippen LogP contribution in [0.5, 0.6) is 11.5 Å². The van der Waals surface area contributed by atoms with E-state index in [9.17, 15) is 4.79 Å². The molecule has 2 fully saturated rings. The number of carbonyl (C=O) groups excluding carboxylic acids is 1. The van der Waals surface area contributed by atoms with Crippen LogP contribution in [0.15, 0.2) is 138 Å². The van der Waals surface area contributed by atoms with Gasteiger partial charge in [0.25, 0.3) is 0 Å². The summed E-state index contributed by atoms with van der Waals surface area (Å²) in [6, 6.07) is 40.8. The first-order chi connectivity index (χ1) is 34.0. The molecule has 7 aromatic rings. The van der Waals surface area contributed by atoms with Crippen molar-refractivity contribution in [2.24, 2.45) is 5.92 Å². The Hall–Kier alpha value is -6.05. The Bertz CT molecular complexity index is 3110. The van der Waals surface area contributed by atoms with Crippen LogP contribution in [0.25, 0.3) is 39.1 Å². The lowest BCUT2D eigenvalue weighted by Gasteiger charge is -2.39. The van der Waals surface area contributed by atoms with Crippen molar-refractivity contribution in [2.75, 3.05) is 18.0 Å². The average molecular weight is 997 g/mol. The number of carbonyl (C=O) groups is 1. The summed E-state index contributed by atoms with van der Waals surface area (Å²) >= 11 is 3.98. The lowest BCUT2D eigenvalue weighted by atomic mass is 9.76. The number of piperidine rings is 1. The summed E-state index contributed by atoms with van der Waals surface area (Å²) in [6.07, 6.45) is 18.2. The number of halogens is 3. The summed E-state index contributed by atoms with van der Waals surface area (Å²) in [4.78, 5) is 15.9. The molecule has 0 bridgehead atoms. The molecule has 7 aromatic carbocycles. The second kappa shape index (κ2) is 18.9. The largest absolute Gasteiger partial charge is 0.472 e. The number of rotatable bonds is 11. The first kappa shape index (κ1) is 46.3. The number of fused-ring (bicyclic) bond motifs is 8. The molecule has 0 amide bonds. The van der Waals surface area contributed by atoms with Crippen molar-refractivity contribution in [3.63, 3.8) is 0 Å². The van der Waals surface area contributed by atoms with E-state index in [1.165, 1.54) is 87.9 Å². The van der Waals surface area contributed by atoms with Gasteiger partial charge in [-0.05, 0) is 162 Å². The Kier molecular flexibility index (Phi) is 12.5. The van der Waals surface area contributed by atoms with E-state index >= 15 is 8.78 Å². The first-order valence-electron chi connectivity index (χ1n) is 25.6. The number of hydrogen-bond donors (Lipinski definition) is 0.